The molecule has 0 fully saturated rings. The maximum absolute atomic E-state index is 11.6. The molecule has 0 amide bonds. The number of hydrogen-bond acceptors (Lipinski definition) is 5. The van der Waals surface area contributed by atoms with E-state index >= 15 is 0 Å². The van der Waals surface area contributed by atoms with Gasteiger partial charge in [0.05, 0.1) is 19.1 Å². The molecule has 1 aromatic rings. The lowest BCUT2D eigenvalue weighted by Crippen LogP contribution is -2.01. The number of carbonyl (C=O) groups excluding carboxylic acids is 1. The van der Waals surface area contributed by atoms with Crippen molar-refractivity contribution in [1.82, 2.24) is 0 Å². The largest absolute Gasteiger partial charge is 0.493 e. The number of hydrogen-bond donors (Lipinski definition) is 0. The average molecular weight is 257 g/mol. The normalized spacial score (nSPS) is 10.5. The van der Waals surface area contributed by atoms with Crippen LogP contribution in [0.1, 0.15) is 5.56 Å². The van der Waals surface area contributed by atoms with Crippen LogP contribution in [0.4, 0.5) is 0 Å². The summed E-state index contributed by atoms with van der Waals surface area (Å²) in [6.45, 7) is 1.56. The van der Waals surface area contributed by atoms with Gasteiger partial charge in [0.2, 0.25) is 0 Å². The number of ether oxygens (including phenoxy) is 2. The molecule has 1 aromatic carbocycles. The number of benzene rings is 1. The van der Waals surface area contributed by atoms with Crippen molar-refractivity contribution in [2.45, 2.75) is 11.8 Å². The molecule has 0 aliphatic heterocycles. The van der Waals surface area contributed by atoms with Crippen LogP contribution in [-0.4, -0.2) is 28.7 Å². The first-order valence-electron chi connectivity index (χ1n) is 4.53. The van der Waals surface area contributed by atoms with E-state index in [9.17, 15) is 13.2 Å². The van der Waals surface area contributed by atoms with Crippen molar-refractivity contribution in [1.29, 1.82) is 0 Å². The number of nitrogens with zero attached hydrogens (tertiary/aromatic N) is 1. The highest BCUT2D eigenvalue weighted by atomic mass is 32.2. The molecule has 0 aliphatic rings. The van der Waals surface area contributed by atoms with Crippen molar-refractivity contribution in [3.8, 4) is 11.5 Å². The first-order chi connectivity index (χ1) is 7.96. The highest BCUT2D eigenvalue weighted by Crippen LogP contribution is 2.32. The van der Waals surface area contributed by atoms with Crippen LogP contribution >= 0.6 is 0 Å². The molecule has 6 nitrogen and oxygen atoms in total. The predicted octanol–water partition coefficient (Wildman–Crippen LogP) is 1.04. The average Bonchev–Trinajstić information content (AvgIpc) is 2.28. The Labute approximate surface area is 98.9 Å². The second-order valence-corrected chi connectivity index (χ2v) is 4.70. The van der Waals surface area contributed by atoms with E-state index in [2.05, 4.69) is 4.40 Å². The second-order valence-electron chi connectivity index (χ2n) is 3.13. The van der Waals surface area contributed by atoms with E-state index < -0.39 is 10.0 Å². The maximum Gasteiger partial charge on any atom is 0.293 e. The van der Waals surface area contributed by atoms with Gasteiger partial charge in [-0.05, 0) is 18.6 Å². The van der Waals surface area contributed by atoms with Crippen molar-refractivity contribution < 1.29 is 22.7 Å². The zero-order valence-electron chi connectivity index (χ0n) is 9.55. The molecule has 17 heavy (non-hydrogen) atoms. The number of sulfonamides is 1. The summed E-state index contributed by atoms with van der Waals surface area (Å²) in [5.41, 5.74) is 0.404. The summed E-state index contributed by atoms with van der Waals surface area (Å²) in [6.07, 6.45) is 1.01. The van der Waals surface area contributed by atoms with Crippen LogP contribution in [0, 0.1) is 6.92 Å². The molecule has 7 heteroatoms. The Morgan fingerprint density at radius 3 is 2.18 bits per heavy atom. The van der Waals surface area contributed by atoms with Gasteiger partial charge in [0.1, 0.15) is 0 Å². The summed E-state index contributed by atoms with van der Waals surface area (Å²) in [5.74, 6) is 0.650. The number of rotatable bonds is 4. The zero-order chi connectivity index (χ0) is 13.1. The summed E-state index contributed by atoms with van der Waals surface area (Å²) >= 11 is 0. The Morgan fingerprint density at radius 1 is 1.18 bits per heavy atom. The van der Waals surface area contributed by atoms with Crippen LogP contribution < -0.4 is 9.47 Å². The SMILES string of the molecule is COc1cc(C)c(S(=O)(=O)N=C=O)cc1OC. The molecule has 0 saturated carbocycles. The fourth-order valence-electron chi connectivity index (χ4n) is 1.34. The van der Waals surface area contributed by atoms with E-state index in [1.165, 1.54) is 26.4 Å². The fraction of sp³-hybridized carbons (Fsp3) is 0.300. The van der Waals surface area contributed by atoms with Gasteiger partial charge in [-0.2, -0.15) is 8.42 Å². The van der Waals surface area contributed by atoms with Crippen LogP contribution in [0.2, 0.25) is 0 Å². The van der Waals surface area contributed by atoms with Crippen molar-refractivity contribution in [3.05, 3.63) is 17.7 Å². The van der Waals surface area contributed by atoms with Gasteiger partial charge in [-0.15, -0.1) is 0 Å². The Kier molecular flexibility index (Phi) is 3.88. The molecule has 0 N–H and O–H groups in total. The Hall–Kier alpha value is -1.85. The van der Waals surface area contributed by atoms with Crippen molar-refractivity contribution >= 4 is 16.1 Å². The second kappa shape index (κ2) is 4.99. The van der Waals surface area contributed by atoms with E-state index in [0.29, 0.717) is 11.3 Å². The van der Waals surface area contributed by atoms with Crippen LogP contribution in [0.25, 0.3) is 0 Å². The smallest absolute Gasteiger partial charge is 0.293 e. The van der Waals surface area contributed by atoms with Gasteiger partial charge in [-0.1, -0.05) is 4.40 Å². The van der Waals surface area contributed by atoms with E-state index in [1.54, 1.807) is 6.92 Å². The summed E-state index contributed by atoms with van der Waals surface area (Å²) in [7, 11) is -1.21. The predicted molar refractivity (Wildman–Crippen MR) is 59.6 cm³/mol. The molecular weight excluding hydrogens is 246 g/mol. The van der Waals surface area contributed by atoms with Gasteiger partial charge < -0.3 is 9.47 Å². The van der Waals surface area contributed by atoms with Gasteiger partial charge in [-0.25, -0.2) is 4.79 Å². The summed E-state index contributed by atoms with van der Waals surface area (Å²) in [4.78, 5) is 9.94. The topological polar surface area (TPSA) is 82.0 Å². The molecule has 92 valence electrons. The highest BCUT2D eigenvalue weighted by Gasteiger charge is 2.19. The number of methoxy groups -OCH3 is 2. The van der Waals surface area contributed by atoms with Gasteiger partial charge in [0.15, 0.2) is 11.5 Å². The minimum absolute atomic E-state index is 0.112. The zero-order valence-corrected chi connectivity index (χ0v) is 10.4. The maximum atomic E-state index is 11.6. The summed E-state index contributed by atoms with van der Waals surface area (Å²) in [5, 5.41) is 0. The summed E-state index contributed by atoms with van der Waals surface area (Å²) in [6, 6.07) is 2.75. The number of aryl methyl sites for hydroxylation is 1. The minimum Gasteiger partial charge on any atom is -0.493 e. The van der Waals surface area contributed by atoms with Crippen LogP contribution in [0.15, 0.2) is 21.4 Å². The Bertz CT molecular complexity index is 573. The van der Waals surface area contributed by atoms with E-state index in [-0.39, 0.29) is 10.6 Å². The lowest BCUT2D eigenvalue weighted by Gasteiger charge is -2.10. The third-order valence-electron chi connectivity index (χ3n) is 2.12. The molecule has 0 unspecified atom stereocenters. The molecule has 0 heterocycles. The Balaban J connectivity index is 3.52. The van der Waals surface area contributed by atoms with Gasteiger partial charge >= 0.3 is 0 Å². The van der Waals surface area contributed by atoms with Gasteiger partial charge in [0, 0.05) is 6.07 Å². The monoisotopic (exact) mass is 257 g/mol. The molecule has 1 rings (SSSR count). The molecule has 0 saturated heterocycles. The van der Waals surface area contributed by atoms with Crippen LogP contribution in [0.3, 0.4) is 0 Å². The molecule has 0 aliphatic carbocycles. The van der Waals surface area contributed by atoms with Gasteiger partial charge in [0.25, 0.3) is 16.1 Å². The Morgan fingerprint density at radius 2 is 1.71 bits per heavy atom. The standard InChI is InChI=1S/C10H11NO5S/c1-7-4-8(15-2)9(16-3)5-10(7)17(13,14)11-6-12/h4-5H,1-3H3. The fourth-order valence-corrected chi connectivity index (χ4v) is 2.26. The molecule has 0 radical (unpaired) electrons. The molecule has 0 spiro atoms. The number of isocyanates is 1. The van der Waals surface area contributed by atoms with E-state index in [4.69, 9.17) is 9.47 Å². The van der Waals surface area contributed by atoms with E-state index in [1.807, 2.05) is 0 Å². The van der Waals surface area contributed by atoms with Crippen molar-refractivity contribution in [3.63, 3.8) is 0 Å². The van der Waals surface area contributed by atoms with Crippen molar-refractivity contribution in [2.24, 2.45) is 4.40 Å². The van der Waals surface area contributed by atoms with Crippen LogP contribution in [0.5, 0.6) is 11.5 Å². The molecular formula is C10H11NO5S. The molecule has 0 aromatic heterocycles. The molecule has 0 atom stereocenters. The third kappa shape index (κ3) is 2.64. The quantitative estimate of drug-likeness (QED) is 0.594. The first kappa shape index (κ1) is 13.2. The lowest BCUT2D eigenvalue weighted by molar-refractivity contribution is 0.353. The van der Waals surface area contributed by atoms with Gasteiger partial charge in [-0.3, -0.25) is 0 Å². The summed E-state index contributed by atoms with van der Waals surface area (Å²) < 4.78 is 36.0. The molecule has 0 bridgehead atoms. The highest BCUT2D eigenvalue weighted by molar-refractivity contribution is 7.90. The van der Waals surface area contributed by atoms with E-state index in [0.717, 1.165) is 6.08 Å². The first-order valence-corrected chi connectivity index (χ1v) is 5.97. The third-order valence-corrected chi connectivity index (χ3v) is 3.43. The minimum atomic E-state index is -4.03. The van der Waals surface area contributed by atoms with Crippen LogP contribution in [-0.2, 0) is 14.8 Å². The van der Waals surface area contributed by atoms with Crippen molar-refractivity contribution in [2.75, 3.05) is 14.2 Å². The lowest BCUT2D eigenvalue weighted by atomic mass is 10.2.